The summed E-state index contributed by atoms with van der Waals surface area (Å²) in [6.07, 6.45) is 13.4. The fraction of sp³-hybridized carbons (Fsp3) is 0.684. The molecule has 0 aliphatic heterocycles. The van der Waals surface area contributed by atoms with Crippen molar-refractivity contribution < 1.29 is 9.31 Å². The summed E-state index contributed by atoms with van der Waals surface area (Å²) in [6.45, 7) is 2.13. The average Bonchev–Trinajstić information content (AvgIpc) is 2.57. The monoisotopic (exact) mass is 300 g/mol. The Morgan fingerprint density at radius 3 is 1.64 bits per heavy atom. The molecule has 0 aromatic heterocycles. The second kappa shape index (κ2) is 8.17. The smallest absolute Gasteiger partial charge is 0.404 e. The molecule has 2 saturated carbocycles. The fourth-order valence-corrected chi connectivity index (χ4v) is 3.66. The molecule has 1 aromatic carbocycles. The van der Waals surface area contributed by atoms with Crippen molar-refractivity contribution in [2.24, 2.45) is 0 Å². The highest BCUT2D eigenvalue weighted by atomic mass is 16.6. The first-order valence-electron chi connectivity index (χ1n) is 9.19. The second-order valence-electron chi connectivity index (χ2n) is 7.03. The Morgan fingerprint density at radius 1 is 0.727 bits per heavy atom. The molecule has 2 aliphatic rings. The van der Waals surface area contributed by atoms with E-state index in [1.807, 2.05) is 0 Å². The van der Waals surface area contributed by atoms with E-state index in [9.17, 15) is 0 Å². The Hall–Kier alpha value is -0.795. The molecule has 0 amide bonds. The van der Waals surface area contributed by atoms with Crippen molar-refractivity contribution in [3.63, 3.8) is 0 Å². The van der Waals surface area contributed by atoms with Crippen LogP contribution in [0.4, 0.5) is 0 Å². The van der Waals surface area contributed by atoms with Crippen molar-refractivity contribution >= 4 is 12.6 Å². The maximum Gasteiger partial charge on any atom is 0.494 e. The van der Waals surface area contributed by atoms with E-state index in [0.717, 1.165) is 0 Å². The zero-order valence-electron chi connectivity index (χ0n) is 13.9. The van der Waals surface area contributed by atoms with Crippen LogP contribution < -0.4 is 5.46 Å². The number of rotatable bonds is 5. The maximum absolute atomic E-state index is 6.40. The Labute approximate surface area is 135 Å². The number of aryl methyl sites for hydroxylation is 1. The molecular weight excluding hydrogens is 271 g/mol. The third-order valence-corrected chi connectivity index (χ3v) is 5.09. The van der Waals surface area contributed by atoms with Crippen LogP contribution in [0.25, 0.3) is 0 Å². The van der Waals surface area contributed by atoms with E-state index in [0.29, 0.717) is 12.2 Å². The molecule has 22 heavy (non-hydrogen) atoms. The van der Waals surface area contributed by atoms with E-state index in [1.54, 1.807) is 0 Å². The van der Waals surface area contributed by atoms with Gasteiger partial charge in [0, 0.05) is 12.2 Å². The van der Waals surface area contributed by atoms with E-state index in [-0.39, 0.29) is 7.12 Å². The molecule has 3 heteroatoms. The summed E-state index contributed by atoms with van der Waals surface area (Å²) >= 11 is 0. The predicted molar refractivity (Wildman–Crippen MR) is 92.5 cm³/mol. The van der Waals surface area contributed by atoms with Gasteiger partial charge in [-0.1, -0.05) is 68.4 Å². The lowest BCUT2D eigenvalue weighted by atomic mass is 9.76. The highest BCUT2D eigenvalue weighted by molar-refractivity contribution is 6.61. The lowest BCUT2D eigenvalue weighted by molar-refractivity contribution is 0.0727. The molecule has 2 aliphatic carbocycles. The van der Waals surface area contributed by atoms with E-state index < -0.39 is 0 Å². The number of hydrogen-bond acceptors (Lipinski definition) is 2. The van der Waals surface area contributed by atoms with Crippen LogP contribution in [0.15, 0.2) is 24.3 Å². The minimum atomic E-state index is -0.174. The molecule has 0 N–H and O–H groups in total. The lowest BCUT2D eigenvalue weighted by Crippen LogP contribution is -2.43. The van der Waals surface area contributed by atoms with Crippen LogP contribution in [0.3, 0.4) is 0 Å². The third kappa shape index (κ3) is 4.60. The van der Waals surface area contributed by atoms with Crippen LogP contribution in [0.5, 0.6) is 0 Å². The first kappa shape index (κ1) is 16.1. The normalized spacial score (nSPS) is 21.0. The van der Waals surface area contributed by atoms with Gasteiger partial charge in [0.15, 0.2) is 0 Å². The van der Waals surface area contributed by atoms with Gasteiger partial charge in [-0.3, -0.25) is 0 Å². The van der Waals surface area contributed by atoms with Crippen LogP contribution in [-0.4, -0.2) is 19.3 Å². The SMILES string of the molecule is Cc1ccc(B(OC2CCCCC2)OC2CCCCC2)cc1. The van der Waals surface area contributed by atoms with Crippen molar-refractivity contribution in [1.82, 2.24) is 0 Å². The summed E-state index contributed by atoms with van der Waals surface area (Å²) in [5.41, 5.74) is 2.47. The van der Waals surface area contributed by atoms with Gasteiger partial charge in [0.1, 0.15) is 0 Å². The molecule has 2 nitrogen and oxygen atoms in total. The molecule has 2 fully saturated rings. The summed E-state index contributed by atoms with van der Waals surface area (Å²) in [6, 6.07) is 8.67. The van der Waals surface area contributed by atoms with Crippen LogP contribution in [-0.2, 0) is 9.31 Å². The van der Waals surface area contributed by atoms with Gasteiger partial charge >= 0.3 is 7.12 Å². The van der Waals surface area contributed by atoms with Crippen molar-refractivity contribution in [3.8, 4) is 0 Å². The molecule has 0 heterocycles. The van der Waals surface area contributed by atoms with Crippen molar-refractivity contribution in [1.29, 1.82) is 0 Å². The van der Waals surface area contributed by atoms with Gasteiger partial charge in [0.25, 0.3) is 0 Å². The largest absolute Gasteiger partial charge is 0.494 e. The number of benzene rings is 1. The van der Waals surface area contributed by atoms with Crippen LogP contribution >= 0.6 is 0 Å². The molecular formula is C19H29BO2. The summed E-state index contributed by atoms with van der Waals surface area (Å²) in [5, 5.41) is 0. The van der Waals surface area contributed by atoms with E-state index in [4.69, 9.17) is 9.31 Å². The minimum absolute atomic E-state index is 0.174. The Balaban J connectivity index is 1.67. The Kier molecular flexibility index (Phi) is 5.97. The minimum Gasteiger partial charge on any atom is -0.404 e. The van der Waals surface area contributed by atoms with E-state index in [2.05, 4.69) is 31.2 Å². The average molecular weight is 300 g/mol. The van der Waals surface area contributed by atoms with Gasteiger partial charge in [0.2, 0.25) is 0 Å². The van der Waals surface area contributed by atoms with Gasteiger partial charge in [-0.2, -0.15) is 0 Å². The molecule has 0 atom stereocenters. The van der Waals surface area contributed by atoms with Crippen LogP contribution in [0.1, 0.15) is 69.8 Å². The van der Waals surface area contributed by atoms with E-state index >= 15 is 0 Å². The second-order valence-corrected chi connectivity index (χ2v) is 7.03. The third-order valence-electron chi connectivity index (χ3n) is 5.09. The topological polar surface area (TPSA) is 18.5 Å². The van der Waals surface area contributed by atoms with Crippen molar-refractivity contribution in [2.45, 2.75) is 83.3 Å². The lowest BCUT2D eigenvalue weighted by Gasteiger charge is -2.30. The maximum atomic E-state index is 6.40. The van der Waals surface area contributed by atoms with Crippen molar-refractivity contribution in [3.05, 3.63) is 29.8 Å². The Morgan fingerprint density at radius 2 is 1.18 bits per heavy atom. The summed E-state index contributed by atoms with van der Waals surface area (Å²) < 4.78 is 12.8. The summed E-state index contributed by atoms with van der Waals surface area (Å²) in [4.78, 5) is 0. The van der Waals surface area contributed by atoms with Crippen LogP contribution in [0, 0.1) is 6.92 Å². The quantitative estimate of drug-likeness (QED) is 0.751. The molecule has 0 radical (unpaired) electrons. The predicted octanol–water partition coefficient (Wildman–Crippen LogP) is 4.39. The molecule has 120 valence electrons. The first-order chi connectivity index (χ1) is 10.8. The van der Waals surface area contributed by atoms with Gasteiger partial charge in [-0.05, 0) is 38.1 Å². The summed E-state index contributed by atoms with van der Waals surface area (Å²) in [7, 11) is -0.174. The standard InChI is InChI=1S/C19H29BO2/c1-16-12-14-17(15-13-16)20(21-18-8-4-2-5-9-18)22-19-10-6-3-7-11-19/h12-15,18-19H,2-11H2,1H3. The zero-order valence-corrected chi connectivity index (χ0v) is 13.9. The molecule has 0 bridgehead atoms. The summed E-state index contributed by atoms with van der Waals surface area (Å²) in [5.74, 6) is 0. The van der Waals surface area contributed by atoms with Gasteiger partial charge in [-0.15, -0.1) is 0 Å². The Bertz CT molecular complexity index is 413. The molecule has 0 saturated heterocycles. The van der Waals surface area contributed by atoms with Crippen molar-refractivity contribution in [2.75, 3.05) is 0 Å². The molecule has 3 rings (SSSR count). The van der Waals surface area contributed by atoms with Gasteiger partial charge < -0.3 is 9.31 Å². The molecule has 0 unspecified atom stereocenters. The first-order valence-corrected chi connectivity index (χ1v) is 9.19. The van der Waals surface area contributed by atoms with Gasteiger partial charge in [0.05, 0.1) is 0 Å². The molecule has 0 spiro atoms. The zero-order chi connectivity index (χ0) is 15.2. The highest BCUT2D eigenvalue weighted by Crippen LogP contribution is 2.24. The highest BCUT2D eigenvalue weighted by Gasteiger charge is 2.30. The number of hydrogen-bond donors (Lipinski definition) is 0. The van der Waals surface area contributed by atoms with Crippen LogP contribution in [0.2, 0.25) is 0 Å². The van der Waals surface area contributed by atoms with E-state index in [1.165, 1.54) is 75.2 Å². The molecule has 1 aromatic rings. The van der Waals surface area contributed by atoms with Gasteiger partial charge in [-0.25, -0.2) is 0 Å². The fourth-order valence-electron chi connectivity index (χ4n) is 3.66.